The smallest absolute Gasteiger partial charge is 0.290 e. The first kappa shape index (κ1) is 35.8. The molecule has 4 atom stereocenters. The Morgan fingerprint density at radius 3 is 2.20 bits per heavy atom. The Hall–Kier alpha value is -5.51. The Morgan fingerprint density at radius 1 is 0.780 bits per heavy atom. The minimum Gasteiger partial charge on any atom is -0.361 e. The molecule has 260 valence electrons. The van der Waals surface area contributed by atoms with Crippen molar-refractivity contribution in [2.75, 3.05) is 0 Å². The first-order valence-corrected chi connectivity index (χ1v) is 17.2. The van der Waals surface area contributed by atoms with Gasteiger partial charge in [0.1, 0.15) is 12.1 Å². The highest BCUT2D eigenvalue weighted by atomic mass is 16.2. The van der Waals surface area contributed by atoms with Gasteiger partial charge in [-0.2, -0.15) is 0 Å². The Morgan fingerprint density at radius 2 is 1.46 bits per heavy atom. The minimum atomic E-state index is -1.11. The number of para-hydroxylation sites is 1. The van der Waals surface area contributed by atoms with E-state index in [0.29, 0.717) is 18.4 Å². The van der Waals surface area contributed by atoms with Crippen LogP contribution in [0.2, 0.25) is 0 Å². The highest BCUT2D eigenvalue weighted by Crippen LogP contribution is 2.32. The minimum absolute atomic E-state index is 0.105. The van der Waals surface area contributed by atoms with Gasteiger partial charge in [0, 0.05) is 35.5 Å². The van der Waals surface area contributed by atoms with Crippen molar-refractivity contribution >= 4 is 45.9 Å². The van der Waals surface area contributed by atoms with E-state index in [1.54, 1.807) is 20.0 Å². The van der Waals surface area contributed by atoms with Crippen molar-refractivity contribution in [3.8, 4) is 0 Å². The number of fused-ring (bicyclic) bond motifs is 2. The third kappa shape index (κ3) is 8.37. The summed E-state index contributed by atoms with van der Waals surface area (Å²) in [5.41, 5.74) is 6.03. The van der Waals surface area contributed by atoms with E-state index >= 15 is 0 Å². The maximum absolute atomic E-state index is 14.0. The third-order valence-electron chi connectivity index (χ3n) is 9.34. The van der Waals surface area contributed by atoms with Crippen molar-refractivity contribution in [2.45, 2.75) is 84.0 Å². The first-order chi connectivity index (χ1) is 24.1. The van der Waals surface area contributed by atoms with Crippen molar-refractivity contribution in [3.63, 3.8) is 0 Å². The Balaban J connectivity index is 1.32. The van der Waals surface area contributed by atoms with Gasteiger partial charge in [-0.1, -0.05) is 92.6 Å². The van der Waals surface area contributed by atoms with Crippen LogP contribution in [0.4, 0.5) is 0 Å². The molecule has 0 radical (unpaired) electrons. The van der Waals surface area contributed by atoms with Gasteiger partial charge < -0.3 is 26.3 Å². The van der Waals surface area contributed by atoms with Gasteiger partial charge in [-0.15, -0.1) is 0 Å². The number of aromatic nitrogens is 1. The number of carbonyl (C=O) groups is 5. The number of hydrogen-bond donors (Lipinski definition) is 5. The monoisotopic (exact) mass is 675 g/mol. The quantitative estimate of drug-likeness (QED) is 0.114. The van der Waals surface area contributed by atoms with Crippen molar-refractivity contribution < 1.29 is 24.0 Å². The van der Waals surface area contributed by atoms with Crippen LogP contribution in [0.15, 0.2) is 90.6 Å². The molecule has 0 aliphatic heterocycles. The SMILES string of the molecule is CCCC[C@H](NC(=O)[C@H](Cc1c[nH]c2ccccc12)NC(=O)[C@H](C)NC(=O)C1=C(C)c2ccccc2C1)C(=O)C(=O)N[C@@H](C)c1ccccc1. The molecule has 4 amide bonds. The summed E-state index contributed by atoms with van der Waals surface area (Å²) in [5, 5.41) is 12.0. The van der Waals surface area contributed by atoms with Gasteiger partial charge in [0.05, 0.1) is 12.1 Å². The number of ketones is 1. The molecule has 10 nitrogen and oxygen atoms in total. The third-order valence-corrected chi connectivity index (χ3v) is 9.34. The number of carbonyl (C=O) groups excluding carboxylic acids is 5. The summed E-state index contributed by atoms with van der Waals surface area (Å²) in [5.74, 6) is -3.06. The zero-order valence-corrected chi connectivity index (χ0v) is 29.0. The second kappa shape index (κ2) is 16.3. The second-order valence-corrected chi connectivity index (χ2v) is 12.9. The van der Waals surface area contributed by atoms with Gasteiger partial charge in [-0.25, -0.2) is 0 Å². The summed E-state index contributed by atoms with van der Waals surface area (Å²) in [6, 6.07) is 21.1. The van der Waals surface area contributed by atoms with Crippen LogP contribution in [0, 0.1) is 0 Å². The molecule has 5 N–H and O–H groups in total. The molecule has 50 heavy (non-hydrogen) atoms. The largest absolute Gasteiger partial charge is 0.361 e. The number of hydrogen-bond acceptors (Lipinski definition) is 5. The number of aromatic amines is 1. The van der Waals surface area contributed by atoms with Crippen LogP contribution in [0.1, 0.15) is 75.3 Å². The van der Waals surface area contributed by atoms with E-state index in [1.165, 1.54) is 0 Å². The first-order valence-electron chi connectivity index (χ1n) is 17.2. The van der Waals surface area contributed by atoms with Gasteiger partial charge >= 0.3 is 0 Å². The van der Waals surface area contributed by atoms with Crippen molar-refractivity contribution in [1.82, 2.24) is 26.3 Å². The lowest BCUT2D eigenvalue weighted by Gasteiger charge is -2.24. The normalized spacial score (nSPS) is 14.6. The molecule has 0 fully saturated rings. The number of H-pyrrole nitrogens is 1. The van der Waals surface area contributed by atoms with Crippen LogP contribution in [-0.2, 0) is 36.8 Å². The fraction of sp³-hybridized carbons (Fsp3) is 0.325. The maximum atomic E-state index is 14.0. The van der Waals surface area contributed by atoms with Crippen molar-refractivity contribution in [2.24, 2.45) is 0 Å². The molecule has 1 aliphatic rings. The van der Waals surface area contributed by atoms with Crippen LogP contribution in [-0.4, -0.2) is 52.5 Å². The van der Waals surface area contributed by atoms with Crippen LogP contribution in [0.5, 0.6) is 0 Å². The van der Waals surface area contributed by atoms with Crippen LogP contribution >= 0.6 is 0 Å². The highest BCUT2D eigenvalue weighted by molar-refractivity contribution is 6.38. The number of Topliss-reactive ketones (excluding diaryl/α,β-unsaturated/α-hetero) is 1. The summed E-state index contributed by atoms with van der Waals surface area (Å²) in [6.07, 6.45) is 3.96. The van der Waals surface area contributed by atoms with Crippen LogP contribution in [0.25, 0.3) is 16.5 Å². The number of unbranched alkanes of at least 4 members (excludes halogenated alkanes) is 1. The molecule has 3 aromatic carbocycles. The lowest BCUT2D eigenvalue weighted by molar-refractivity contribution is -0.141. The van der Waals surface area contributed by atoms with E-state index in [9.17, 15) is 24.0 Å². The summed E-state index contributed by atoms with van der Waals surface area (Å²) >= 11 is 0. The van der Waals surface area contributed by atoms with E-state index in [0.717, 1.165) is 45.2 Å². The number of nitrogens with one attached hydrogen (secondary N) is 5. The lowest BCUT2D eigenvalue weighted by atomic mass is 10.0. The molecule has 0 saturated carbocycles. The topological polar surface area (TPSA) is 149 Å². The molecular formula is C40H45N5O5. The molecule has 1 aliphatic carbocycles. The molecule has 10 heteroatoms. The Bertz CT molecular complexity index is 1910. The number of allylic oxidation sites excluding steroid dienone is 1. The van der Waals surface area contributed by atoms with E-state index in [4.69, 9.17) is 0 Å². The average molecular weight is 676 g/mol. The number of amides is 4. The predicted octanol–water partition coefficient (Wildman–Crippen LogP) is 4.85. The fourth-order valence-corrected chi connectivity index (χ4v) is 6.35. The molecule has 4 aromatic rings. The van der Waals surface area contributed by atoms with E-state index in [1.807, 2.05) is 92.7 Å². The second-order valence-electron chi connectivity index (χ2n) is 12.9. The van der Waals surface area contributed by atoms with Crippen molar-refractivity contribution in [3.05, 3.63) is 113 Å². The molecule has 1 heterocycles. The van der Waals surface area contributed by atoms with Gasteiger partial charge in [-0.05, 0) is 61.1 Å². The maximum Gasteiger partial charge on any atom is 0.290 e. The zero-order valence-electron chi connectivity index (χ0n) is 29.0. The van der Waals surface area contributed by atoms with Crippen LogP contribution in [0.3, 0.4) is 0 Å². The standard InChI is InChI=1S/C40H45N5O5/c1-5-6-19-34(36(46)40(50)42-25(3)27-14-8-7-9-15-27)44-39(49)35(22-29-23-41-33-20-13-12-18-31(29)33)45-37(47)26(4)43-38(48)32-21-28-16-10-11-17-30(28)24(32)2/h7-18,20,23,25-26,34-35,41H,5-6,19,21-22H2,1-4H3,(H,42,50)(H,43,48)(H,44,49)(H,45,47)/t25-,26-,34-,35-/m0/s1. The van der Waals surface area contributed by atoms with Crippen LogP contribution < -0.4 is 21.3 Å². The number of benzene rings is 3. The van der Waals surface area contributed by atoms with Gasteiger partial charge in [-0.3, -0.25) is 24.0 Å². The van der Waals surface area contributed by atoms with Gasteiger partial charge in [0.25, 0.3) is 5.91 Å². The zero-order chi connectivity index (χ0) is 35.8. The van der Waals surface area contributed by atoms with E-state index < -0.39 is 47.7 Å². The predicted molar refractivity (Wildman–Crippen MR) is 194 cm³/mol. The molecule has 5 rings (SSSR count). The average Bonchev–Trinajstić information content (AvgIpc) is 3.70. The summed E-state index contributed by atoms with van der Waals surface area (Å²) in [4.78, 5) is 70.7. The molecule has 0 spiro atoms. The van der Waals surface area contributed by atoms with Gasteiger partial charge in [0.15, 0.2) is 0 Å². The van der Waals surface area contributed by atoms with E-state index in [-0.39, 0.29) is 18.7 Å². The summed E-state index contributed by atoms with van der Waals surface area (Å²) in [6.45, 7) is 7.21. The molecule has 0 bridgehead atoms. The van der Waals surface area contributed by atoms with Gasteiger partial charge in [0.2, 0.25) is 23.5 Å². The highest BCUT2D eigenvalue weighted by Gasteiger charge is 2.32. The molecule has 0 unspecified atom stereocenters. The molecule has 0 saturated heterocycles. The summed E-state index contributed by atoms with van der Waals surface area (Å²) < 4.78 is 0. The Kier molecular flexibility index (Phi) is 11.6. The lowest BCUT2D eigenvalue weighted by Crippen LogP contribution is -2.57. The summed E-state index contributed by atoms with van der Waals surface area (Å²) in [7, 11) is 0. The van der Waals surface area contributed by atoms with Crippen molar-refractivity contribution in [1.29, 1.82) is 0 Å². The molecular weight excluding hydrogens is 630 g/mol. The number of rotatable bonds is 15. The fourth-order valence-electron chi connectivity index (χ4n) is 6.35. The molecule has 1 aromatic heterocycles. The van der Waals surface area contributed by atoms with E-state index in [2.05, 4.69) is 26.3 Å². The Labute approximate surface area is 292 Å².